The summed E-state index contributed by atoms with van der Waals surface area (Å²) in [7, 11) is 0. The first kappa shape index (κ1) is 23.0. The van der Waals surface area contributed by atoms with Gasteiger partial charge in [-0.3, -0.25) is 9.63 Å². The minimum atomic E-state index is -0.504. The Balaban J connectivity index is 1.15. The maximum Gasteiger partial charge on any atom is 0.410 e. The highest BCUT2D eigenvalue weighted by Gasteiger charge is 2.58. The van der Waals surface area contributed by atoms with E-state index in [2.05, 4.69) is 0 Å². The van der Waals surface area contributed by atoms with Gasteiger partial charge in [0.1, 0.15) is 18.4 Å². The molecule has 1 aromatic rings. The van der Waals surface area contributed by atoms with E-state index in [-0.39, 0.29) is 35.8 Å². The third-order valence-corrected chi connectivity index (χ3v) is 7.43. The number of benzene rings is 1. The molecule has 3 saturated heterocycles. The molecule has 4 fully saturated rings. The molecule has 2 bridgehead atoms. The van der Waals surface area contributed by atoms with E-state index in [1.807, 2.05) is 56.0 Å². The molecule has 0 radical (unpaired) electrons. The maximum absolute atomic E-state index is 13.1. The number of carbonyl (C=O) groups excluding carboxylic acids is 3. The lowest BCUT2D eigenvalue weighted by Crippen LogP contribution is -2.69. The van der Waals surface area contributed by atoms with Crippen molar-refractivity contribution in [2.24, 2.45) is 5.41 Å². The molecule has 1 aliphatic carbocycles. The van der Waals surface area contributed by atoms with Crippen LogP contribution in [0.25, 0.3) is 0 Å². The van der Waals surface area contributed by atoms with Crippen molar-refractivity contribution in [1.82, 2.24) is 19.8 Å². The fourth-order valence-corrected chi connectivity index (χ4v) is 5.83. The molecule has 5 rings (SSSR count). The van der Waals surface area contributed by atoms with E-state index in [1.54, 1.807) is 9.80 Å². The second-order valence-corrected chi connectivity index (χ2v) is 11.2. The van der Waals surface area contributed by atoms with Crippen LogP contribution in [-0.2, 0) is 21.0 Å². The van der Waals surface area contributed by atoms with E-state index in [4.69, 9.17) is 9.57 Å². The summed E-state index contributed by atoms with van der Waals surface area (Å²) in [5, 5.41) is 1.50. The number of hydrogen-bond acceptors (Lipinski definition) is 5. The molecule has 4 aliphatic rings. The van der Waals surface area contributed by atoms with Crippen molar-refractivity contribution in [3.05, 3.63) is 35.9 Å². The standard InChI is InChI=1S/C25H34N4O5/c1-24(2,3)34-23(32)26-15-25(16-26)11-20(12-25)28(17-30)21-10-9-19-13-27(21)22(31)29(19)33-14-18-7-5-4-6-8-18/h4-8,17,19-21H,9-16H2,1-3H3/t19-,21-/m1/s1. The van der Waals surface area contributed by atoms with Crippen molar-refractivity contribution in [1.29, 1.82) is 0 Å². The molecule has 1 spiro atoms. The van der Waals surface area contributed by atoms with Crippen molar-refractivity contribution in [3.8, 4) is 0 Å². The second kappa shape index (κ2) is 8.45. The molecule has 1 saturated carbocycles. The lowest BCUT2D eigenvalue weighted by Gasteiger charge is -2.61. The van der Waals surface area contributed by atoms with Gasteiger partial charge in [0.25, 0.3) is 0 Å². The van der Waals surface area contributed by atoms with Crippen LogP contribution >= 0.6 is 0 Å². The van der Waals surface area contributed by atoms with Crippen LogP contribution in [0.15, 0.2) is 30.3 Å². The first-order chi connectivity index (χ1) is 16.2. The van der Waals surface area contributed by atoms with Gasteiger partial charge in [-0.2, -0.15) is 5.06 Å². The number of piperidine rings is 1. The Kier molecular flexibility index (Phi) is 5.70. The zero-order valence-corrected chi connectivity index (χ0v) is 20.2. The smallest absolute Gasteiger partial charge is 0.410 e. The van der Waals surface area contributed by atoms with Gasteiger partial charge in [-0.1, -0.05) is 30.3 Å². The van der Waals surface area contributed by atoms with Gasteiger partial charge in [0.15, 0.2) is 0 Å². The molecule has 9 nitrogen and oxygen atoms in total. The monoisotopic (exact) mass is 470 g/mol. The number of hydrogen-bond donors (Lipinski definition) is 0. The zero-order chi connectivity index (χ0) is 24.1. The van der Waals surface area contributed by atoms with Gasteiger partial charge in [-0.15, -0.1) is 0 Å². The van der Waals surface area contributed by atoms with E-state index in [9.17, 15) is 14.4 Å². The predicted molar refractivity (Wildman–Crippen MR) is 123 cm³/mol. The molecule has 0 unspecified atom stereocenters. The zero-order valence-electron chi connectivity index (χ0n) is 20.2. The van der Waals surface area contributed by atoms with Crippen LogP contribution in [0.5, 0.6) is 0 Å². The number of amides is 4. The summed E-state index contributed by atoms with van der Waals surface area (Å²) in [4.78, 5) is 48.7. The largest absolute Gasteiger partial charge is 0.444 e. The number of urea groups is 1. The van der Waals surface area contributed by atoms with Crippen LogP contribution in [-0.4, -0.2) is 81.8 Å². The van der Waals surface area contributed by atoms with Crippen LogP contribution in [0, 0.1) is 5.41 Å². The Hall–Kier alpha value is -2.81. The third-order valence-electron chi connectivity index (χ3n) is 7.43. The molecule has 9 heteroatoms. The quantitative estimate of drug-likeness (QED) is 0.597. The Morgan fingerprint density at radius 3 is 2.53 bits per heavy atom. The number of nitrogens with zero attached hydrogens (tertiary/aromatic N) is 4. The lowest BCUT2D eigenvalue weighted by atomic mass is 9.60. The van der Waals surface area contributed by atoms with Crippen molar-refractivity contribution in [2.45, 2.75) is 76.9 Å². The summed E-state index contributed by atoms with van der Waals surface area (Å²) >= 11 is 0. The average Bonchev–Trinajstić information content (AvgIpc) is 2.97. The first-order valence-corrected chi connectivity index (χ1v) is 12.2. The van der Waals surface area contributed by atoms with Gasteiger partial charge < -0.3 is 19.4 Å². The van der Waals surface area contributed by atoms with E-state index >= 15 is 0 Å². The summed E-state index contributed by atoms with van der Waals surface area (Å²) in [5.41, 5.74) is 0.578. The molecule has 3 heterocycles. The summed E-state index contributed by atoms with van der Waals surface area (Å²) in [6.07, 6.45) is 3.63. The summed E-state index contributed by atoms with van der Waals surface area (Å²) < 4.78 is 5.46. The van der Waals surface area contributed by atoms with Crippen LogP contribution in [0.2, 0.25) is 0 Å². The topological polar surface area (TPSA) is 82.6 Å². The molecular weight excluding hydrogens is 436 g/mol. The van der Waals surface area contributed by atoms with Crippen molar-refractivity contribution < 1.29 is 24.0 Å². The molecule has 1 aromatic carbocycles. The SMILES string of the molecule is CC(C)(C)OC(=O)N1CC2(CC(N(C=O)[C@@H]3CC[C@@H]4CN3C(=O)N4OCc3ccccc3)C2)C1. The highest BCUT2D eigenvalue weighted by Crippen LogP contribution is 2.51. The van der Waals surface area contributed by atoms with Gasteiger partial charge in [0.05, 0.1) is 6.04 Å². The average molecular weight is 471 g/mol. The lowest BCUT2D eigenvalue weighted by molar-refractivity contribution is -0.148. The van der Waals surface area contributed by atoms with E-state index in [1.165, 1.54) is 5.06 Å². The molecule has 0 aromatic heterocycles. The Bertz CT molecular complexity index is 934. The molecule has 3 aliphatic heterocycles. The van der Waals surface area contributed by atoms with Gasteiger partial charge in [0, 0.05) is 31.1 Å². The van der Waals surface area contributed by atoms with Crippen LogP contribution in [0.4, 0.5) is 9.59 Å². The molecular formula is C25H34N4O5. The maximum atomic E-state index is 13.1. The highest BCUT2D eigenvalue weighted by atomic mass is 16.7. The van der Waals surface area contributed by atoms with Gasteiger partial charge in [0.2, 0.25) is 6.41 Å². The second-order valence-electron chi connectivity index (χ2n) is 11.2. The molecule has 0 N–H and O–H groups in total. The molecule has 34 heavy (non-hydrogen) atoms. The number of rotatable bonds is 6. The van der Waals surface area contributed by atoms with Crippen molar-refractivity contribution in [3.63, 3.8) is 0 Å². The predicted octanol–water partition coefficient (Wildman–Crippen LogP) is 3.20. The number of hydroxylamine groups is 2. The van der Waals surface area contributed by atoms with Crippen LogP contribution in [0.1, 0.15) is 52.0 Å². The number of fused-ring (bicyclic) bond motifs is 2. The number of ether oxygens (including phenoxy) is 1. The van der Waals surface area contributed by atoms with E-state index < -0.39 is 5.60 Å². The molecule has 184 valence electrons. The van der Waals surface area contributed by atoms with Gasteiger partial charge in [-0.05, 0) is 52.0 Å². The first-order valence-electron chi connectivity index (χ1n) is 12.2. The van der Waals surface area contributed by atoms with Crippen molar-refractivity contribution >= 4 is 18.5 Å². The highest BCUT2D eigenvalue weighted by molar-refractivity contribution is 5.77. The van der Waals surface area contributed by atoms with Crippen LogP contribution in [0.3, 0.4) is 0 Å². The van der Waals surface area contributed by atoms with Gasteiger partial charge in [-0.25, -0.2) is 9.59 Å². The Morgan fingerprint density at radius 1 is 1.18 bits per heavy atom. The molecule has 4 amide bonds. The van der Waals surface area contributed by atoms with Crippen LogP contribution < -0.4 is 0 Å². The minimum absolute atomic E-state index is 0.0164. The summed E-state index contributed by atoms with van der Waals surface area (Å²) in [6.45, 7) is 7.85. The number of carbonyl (C=O) groups is 3. The summed E-state index contributed by atoms with van der Waals surface area (Å²) in [6, 6.07) is 9.74. The minimum Gasteiger partial charge on any atom is -0.444 e. The Morgan fingerprint density at radius 2 is 1.88 bits per heavy atom. The normalized spacial score (nSPS) is 25.7. The number of likely N-dealkylation sites (tertiary alicyclic amines) is 1. The fraction of sp³-hybridized carbons (Fsp3) is 0.640. The van der Waals surface area contributed by atoms with Crippen molar-refractivity contribution in [2.75, 3.05) is 19.6 Å². The summed E-state index contributed by atoms with van der Waals surface area (Å²) in [5.74, 6) is 0. The van der Waals surface area contributed by atoms with Gasteiger partial charge >= 0.3 is 12.1 Å². The van der Waals surface area contributed by atoms with E-state index in [0.717, 1.165) is 37.7 Å². The fourth-order valence-electron chi connectivity index (χ4n) is 5.83. The Labute approximate surface area is 200 Å². The third kappa shape index (κ3) is 4.21. The van der Waals surface area contributed by atoms with E-state index in [0.29, 0.717) is 26.2 Å². The molecule has 2 atom stereocenters.